The Bertz CT molecular complexity index is 1700. The zero-order chi connectivity index (χ0) is 55.7. The Balaban J connectivity index is 4.52. The maximum absolute atomic E-state index is 12.9. The van der Waals surface area contributed by atoms with E-state index in [-0.39, 0.29) is 37.5 Å². The Labute approximate surface area is 474 Å². The van der Waals surface area contributed by atoms with Gasteiger partial charge in [0.25, 0.3) is 0 Å². The summed E-state index contributed by atoms with van der Waals surface area (Å²) in [5, 5.41) is 0. The lowest BCUT2D eigenvalue weighted by atomic mass is 10.1. The van der Waals surface area contributed by atoms with Crippen molar-refractivity contribution in [2.45, 2.75) is 271 Å². The molecule has 0 radical (unpaired) electrons. The van der Waals surface area contributed by atoms with Gasteiger partial charge < -0.3 is 14.2 Å². The van der Waals surface area contributed by atoms with Crippen LogP contribution >= 0.6 is 0 Å². The normalized spacial score (nSPS) is 13.1. The fraction of sp³-hybridized carbons (Fsp3) is 0.620. The molecule has 0 spiro atoms. The van der Waals surface area contributed by atoms with E-state index in [0.717, 1.165) is 135 Å². The van der Waals surface area contributed by atoms with Gasteiger partial charge in [-0.2, -0.15) is 0 Å². The average molecular weight is 1060 g/mol. The summed E-state index contributed by atoms with van der Waals surface area (Å²) in [5.41, 5.74) is 0. The maximum Gasteiger partial charge on any atom is 0.306 e. The smallest absolute Gasteiger partial charge is 0.306 e. The quantitative estimate of drug-likeness (QED) is 0.0261. The van der Waals surface area contributed by atoms with E-state index in [1.807, 2.05) is 0 Å². The lowest BCUT2D eigenvalue weighted by Crippen LogP contribution is -2.30. The molecule has 0 rings (SSSR count). The molecule has 0 saturated carbocycles. The molecular weight excluding hydrogens is 949 g/mol. The van der Waals surface area contributed by atoms with Crippen LogP contribution in [-0.4, -0.2) is 37.2 Å². The first-order valence-corrected chi connectivity index (χ1v) is 31.3. The van der Waals surface area contributed by atoms with Crippen molar-refractivity contribution >= 4 is 17.9 Å². The van der Waals surface area contributed by atoms with Crippen molar-refractivity contribution < 1.29 is 28.6 Å². The van der Waals surface area contributed by atoms with Crippen molar-refractivity contribution in [1.29, 1.82) is 0 Å². The van der Waals surface area contributed by atoms with Crippen LogP contribution < -0.4 is 0 Å². The molecule has 0 aromatic rings. The number of rotatable bonds is 55. The highest BCUT2D eigenvalue weighted by Gasteiger charge is 2.19. The van der Waals surface area contributed by atoms with Crippen molar-refractivity contribution in [2.24, 2.45) is 0 Å². The Morgan fingerprint density at radius 1 is 0.273 bits per heavy atom. The van der Waals surface area contributed by atoms with Gasteiger partial charge in [0.2, 0.25) is 0 Å². The monoisotopic (exact) mass is 1060 g/mol. The lowest BCUT2D eigenvalue weighted by Gasteiger charge is -2.18. The van der Waals surface area contributed by atoms with Gasteiger partial charge in [-0.1, -0.05) is 256 Å². The van der Waals surface area contributed by atoms with Crippen LogP contribution in [0.2, 0.25) is 0 Å². The van der Waals surface area contributed by atoms with E-state index in [9.17, 15) is 14.4 Å². The summed E-state index contributed by atoms with van der Waals surface area (Å²) >= 11 is 0. The number of carbonyl (C=O) groups is 3. The van der Waals surface area contributed by atoms with Gasteiger partial charge in [0.15, 0.2) is 6.10 Å². The van der Waals surface area contributed by atoms with E-state index in [0.29, 0.717) is 19.3 Å². The summed E-state index contributed by atoms with van der Waals surface area (Å²) in [4.78, 5) is 38.3. The second-order valence-electron chi connectivity index (χ2n) is 20.2. The van der Waals surface area contributed by atoms with E-state index in [1.54, 1.807) is 0 Å². The number of carbonyl (C=O) groups excluding carboxylic acids is 3. The van der Waals surface area contributed by atoms with Crippen LogP contribution in [0.4, 0.5) is 0 Å². The van der Waals surface area contributed by atoms with Crippen molar-refractivity contribution in [1.82, 2.24) is 0 Å². The number of unbranched alkanes of at least 4 members (excludes halogenated alkanes) is 20. The standard InChI is InChI=1S/C71H114O6/c1-4-7-10-13-16-19-22-25-28-31-33-35-37-40-43-46-49-52-55-58-61-64-70(73)76-67-68(66-75-69(72)63-60-57-54-51-48-45-42-39-30-27-24-21-18-15-12-9-6-3)77-71(74)65-62-59-56-53-50-47-44-41-38-36-34-32-29-26-23-20-17-14-11-8-5-2/h7,9-10,12,16,18-19,21,23,25-28,30,32-35,40,42-43,45,51,54,68H,4-6,8,11,13-15,17,20,22,24,29,31,36-39,41,44,46-50,52-53,55-67H2,1-3H3/b10-7-,12-9-,19-16-,21-18-,26-23-,28-25-,30-27-,34-32-,35-33-,43-40-,45-42-,54-51-. The molecule has 434 valence electrons. The van der Waals surface area contributed by atoms with Gasteiger partial charge in [-0.3, -0.25) is 14.4 Å². The molecule has 6 heteroatoms. The van der Waals surface area contributed by atoms with Gasteiger partial charge >= 0.3 is 17.9 Å². The summed E-state index contributed by atoms with van der Waals surface area (Å²) in [6.45, 7) is 6.34. The molecule has 0 heterocycles. The molecule has 1 atom stereocenters. The molecule has 0 aliphatic heterocycles. The topological polar surface area (TPSA) is 78.9 Å². The van der Waals surface area contributed by atoms with Gasteiger partial charge in [-0.25, -0.2) is 0 Å². The van der Waals surface area contributed by atoms with Crippen LogP contribution in [0.3, 0.4) is 0 Å². The van der Waals surface area contributed by atoms with Gasteiger partial charge in [-0.05, 0) is 135 Å². The Morgan fingerprint density at radius 3 is 0.844 bits per heavy atom. The summed E-state index contributed by atoms with van der Waals surface area (Å²) in [6.07, 6.45) is 91.3. The third-order valence-corrected chi connectivity index (χ3v) is 12.8. The Morgan fingerprint density at radius 2 is 0.519 bits per heavy atom. The molecule has 0 fully saturated rings. The molecule has 1 unspecified atom stereocenters. The predicted octanol–water partition coefficient (Wildman–Crippen LogP) is 21.5. The highest BCUT2D eigenvalue weighted by Crippen LogP contribution is 2.14. The number of ether oxygens (including phenoxy) is 3. The SMILES string of the molecule is CC/C=C\C/C=C\C/C=C\C/C=C\C/C=C\CCCCCCCC(=O)OCC(COC(=O)CCC/C=C\C/C=C\C/C=C\C/C=C\C/C=C\CC)OC(=O)CCCCCCCCCCC/C=C\C/C=C\CCCCCCC. The first-order chi connectivity index (χ1) is 38.0. The van der Waals surface area contributed by atoms with Crippen LogP contribution in [-0.2, 0) is 28.6 Å². The minimum absolute atomic E-state index is 0.113. The lowest BCUT2D eigenvalue weighted by molar-refractivity contribution is -0.167. The number of hydrogen-bond donors (Lipinski definition) is 0. The fourth-order valence-corrected chi connectivity index (χ4v) is 8.18. The molecule has 0 aromatic heterocycles. The zero-order valence-electron chi connectivity index (χ0n) is 49.7. The molecule has 0 amide bonds. The first kappa shape index (κ1) is 72.3. The number of allylic oxidation sites excluding steroid dienone is 24. The summed E-state index contributed by atoms with van der Waals surface area (Å²) in [6, 6.07) is 0. The van der Waals surface area contributed by atoms with Crippen LogP contribution in [0, 0.1) is 0 Å². The second-order valence-corrected chi connectivity index (χ2v) is 20.2. The molecule has 0 aliphatic rings. The maximum atomic E-state index is 12.9. The average Bonchev–Trinajstić information content (AvgIpc) is 3.43. The minimum atomic E-state index is -0.820. The van der Waals surface area contributed by atoms with Crippen LogP contribution in [0.25, 0.3) is 0 Å². The number of esters is 3. The fourth-order valence-electron chi connectivity index (χ4n) is 8.18. The molecule has 6 nitrogen and oxygen atoms in total. The molecular formula is C71H114O6. The van der Waals surface area contributed by atoms with Gasteiger partial charge in [-0.15, -0.1) is 0 Å². The van der Waals surface area contributed by atoms with E-state index in [4.69, 9.17) is 14.2 Å². The van der Waals surface area contributed by atoms with Crippen molar-refractivity contribution in [3.05, 3.63) is 146 Å². The van der Waals surface area contributed by atoms with Crippen molar-refractivity contribution in [3.63, 3.8) is 0 Å². The minimum Gasteiger partial charge on any atom is -0.462 e. The molecule has 0 aliphatic carbocycles. The third-order valence-electron chi connectivity index (χ3n) is 12.8. The Kier molecular flexibility index (Phi) is 59.9. The largest absolute Gasteiger partial charge is 0.462 e. The first-order valence-electron chi connectivity index (χ1n) is 31.3. The van der Waals surface area contributed by atoms with E-state index in [2.05, 4.69) is 167 Å². The zero-order valence-corrected chi connectivity index (χ0v) is 49.7. The van der Waals surface area contributed by atoms with Crippen LogP contribution in [0.1, 0.15) is 265 Å². The second kappa shape index (κ2) is 63.8. The van der Waals surface area contributed by atoms with Crippen LogP contribution in [0.15, 0.2) is 146 Å². The Hall–Kier alpha value is -4.71. The molecule has 77 heavy (non-hydrogen) atoms. The van der Waals surface area contributed by atoms with Crippen molar-refractivity contribution in [2.75, 3.05) is 13.2 Å². The molecule has 0 saturated heterocycles. The van der Waals surface area contributed by atoms with Gasteiger partial charge in [0.05, 0.1) is 0 Å². The van der Waals surface area contributed by atoms with Crippen LogP contribution in [0.5, 0.6) is 0 Å². The highest BCUT2D eigenvalue weighted by molar-refractivity contribution is 5.71. The van der Waals surface area contributed by atoms with E-state index in [1.165, 1.54) is 83.5 Å². The van der Waals surface area contributed by atoms with Gasteiger partial charge in [0, 0.05) is 19.3 Å². The van der Waals surface area contributed by atoms with E-state index >= 15 is 0 Å². The summed E-state index contributed by atoms with van der Waals surface area (Å²) in [7, 11) is 0. The summed E-state index contributed by atoms with van der Waals surface area (Å²) < 4.78 is 16.9. The molecule has 0 N–H and O–H groups in total. The van der Waals surface area contributed by atoms with E-state index < -0.39 is 6.10 Å². The predicted molar refractivity (Wildman–Crippen MR) is 334 cm³/mol. The highest BCUT2D eigenvalue weighted by atomic mass is 16.6. The summed E-state index contributed by atoms with van der Waals surface area (Å²) in [5.74, 6) is -0.995. The van der Waals surface area contributed by atoms with Crippen molar-refractivity contribution in [3.8, 4) is 0 Å². The molecule has 0 bridgehead atoms. The number of hydrogen-bond acceptors (Lipinski definition) is 6. The van der Waals surface area contributed by atoms with Gasteiger partial charge in [0.1, 0.15) is 13.2 Å². The third kappa shape index (κ3) is 62.0. The molecule has 0 aromatic carbocycles.